The summed E-state index contributed by atoms with van der Waals surface area (Å²) in [5.41, 5.74) is 3.61. The van der Waals surface area contributed by atoms with Crippen molar-refractivity contribution in [3.05, 3.63) is 100 Å². The lowest BCUT2D eigenvalue weighted by atomic mass is 9.69. The lowest BCUT2D eigenvalue weighted by Crippen LogP contribution is -2.47. The molecule has 1 fully saturated rings. The first-order valence-electron chi connectivity index (χ1n) is 14.6. The zero-order chi connectivity index (χ0) is 28.7. The Morgan fingerprint density at radius 1 is 0.927 bits per heavy atom. The van der Waals surface area contributed by atoms with Crippen LogP contribution in [0.3, 0.4) is 0 Å². The van der Waals surface area contributed by atoms with Gasteiger partial charge in [-0.15, -0.1) is 11.8 Å². The molecule has 3 aromatic rings. The van der Waals surface area contributed by atoms with E-state index < -0.39 is 5.60 Å². The summed E-state index contributed by atoms with van der Waals surface area (Å²) in [7, 11) is 0. The Kier molecular flexibility index (Phi) is 9.94. The normalized spacial score (nSPS) is 20.0. The van der Waals surface area contributed by atoms with Crippen molar-refractivity contribution in [3.63, 3.8) is 0 Å². The maximum absolute atomic E-state index is 12.8. The lowest BCUT2D eigenvalue weighted by molar-refractivity contribution is -0.0262. The van der Waals surface area contributed by atoms with Gasteiger partial charge in [-0.25, -0.2) is 4.79 Å². The SMILES string of the molecule is O=C(NCCCO)NCC1(CCCN2CCC(O)(c3ccc(Cl)cc3)CC2)c2ccccc2CSc2ccccc21. The maximum atomic E-state index is 12.8. The van der Waals surface area contributed by atoms with E-state index in [9.17, 15) is 9.90 Å². The number of fused-ring (bicyclic) bond motifs is 2. The van der Waals surface area contributed by atoms with Crippen molar-refractivity contribution in [1.82, 2.24) is 15.5 Å². The molecular weight excluding hydrogens is 554 g/mol. The van der Waals surface area contributed by atoms with Gasteiger partial charge in [-0.1, -0.05) is 66.2 Å². The predicted molar refractivity (Wildman–Crippen MR) is 167 cm³/mol. The molecular formula is C33H40ClN3O3S. The number of amides is 2. The Bertz CT molecular complexity index is 1260. The highest BCUT2D eigenvalue weighted by Gasteiger charge is 2.40. The van der Waals surface area contributed by atoms with Crippen molar-refractivity contribution < 1.29 is 15.0 Å². The number of nitrogens with one attached hydrogen (secondary N) is 2. The van der Waals surface area contributed by atoms with Crippen molar-refractivity contribution in [2.45, 2.75) is 53.8 Å². The molecule has 1 atom stereocenters. The minimum absolute atomic E-state index is 0.0514. The van der Waals surface area contributed by atoms with Crippen molar-refractivity contribution in [1.29, 1.82) is 0 Å². The summed E-state index contributed by atoms with van der Waals surface area (Å²) < 4.78 is 0. The number of likely N-dealkylation sites (tertiary alicyclic amines) is 1. The van der Waals surface area contributed by atoms with Gasteiger partial charge in [0.1, 0.15) is 0 Å². The third kappa shape index (κ3) is 6.92. The number of benzene rings is 3. The highest BCUT2D eigenvalue weighted by Crippen LogP contribution is 2.47. The van der Waals surface area contributed by atoms with Crippen LogP contribution in [0.25, 0.3) is 0 Å². The summed E-state index contributed by atoms with van der Waals surface area (Å²) in [4.78, 5) is 16.5. The standard InChI is InChI=1S/C33H40ClN3O3S/c34-27-13-11-26(12-14-27)33(40)16-20-37(21-17-33)19-5-15-32(24-36-31(39)35-18-6-22-38)28-8-2-1-7-25(28)23-41-30-10-4-3-9-29(30)32/h1-4,7-14,38,40H,5-6,15-24H2,(H2,35,36,39). The fourth-order valence-electron chi connectivity index (χ4n) is 6.32. The first-order valence-corrected chi connectivity index (χ1v) is 15.9. The molecule has 3 aromatic carbocycles. The third-order valence-electron chi connectivity index (χ3n) is 8.63. The zero-order valence-corrected chi connectivity index (χ0v) is 25.0. The monoisotopic (exact) mass is 593 g/mol. The number of urea groups is 1. The summed E-state index contributed by atoms with van der Waals surface area (Å²) in [5, 5.41) is 27.2. The Balaban J connectivity index is 1.33. The van der Waals surface area contributed by atoms with E-state index in [1.165, 1.54) is 21.6 Å². The number of hydrogen-bond donors (Lipinski definition) is 4. The molecule has 0 bridgehead atoms. The van der Waals surface area contributed by atoms with Gasteiger partial charge in [0.05, 0.1) is 5.60 Å². The van der Waals surface area contributed by atoms with Gasteiger partial charge in [0.25, 0.3) is 0 Å². The molecule has 41 heavy (non-hydrogen) atoms. The number of piperidine rings is 1. The molecule has 0 spiro atoms. The number of rotatable bonds is 10. The molecule has 2 amide bonds. The highest BCUT2D eigenvalue weighted by atomic mass is 35.5. The van der Waals surface area contributed by atoms with E-state index in [1.54, 1.807) is 0 Å². The Morgan fingerprint density at radius 3 is 2.39 bits per heavy atom. The minimum atomic E-state index is -0.813. The van der Waals surface area contributed by atoms with Gasteiger partial charge < -0.3 is 25.7 Å². The van der Waals surface area contributed by atoms with Crippen LogP contribution in [-0.4, -0.2) is 60.5 Å². The van der Waals surface area contributed by atoms with Crippen LogP contribution >= 0.6 is 23.4 Å². The highest BCUT2D eigenvalue weighted by molar-refractivity contribution is 7.98. The molecule has 218 valence electrons. The fourth-order valence-corrected chi connectivity index (χ4v) is 7.61. The van der Waals surface area contributed by atoms with E-state index in [0.717, 1.165) is 43.8 Å². The minimum Gasteiger partial charge on any atom is -0.396 e. The third-order valence-corrected chi connectivity index (χ3v) is 10.0. The first kappa shape index (κ1) is 29.9. The van der Waals surface area contributed by atoms with Crippen molar-refractivity contribution in [2.75, 3.05) is 39.3 Å². The Morgan fingerprint density at radius 2 is 1.63 bits per heavy atom. The van der Waals surface area contributed by atoms with Gasteiger partial charge in [0.2, 0.25) is 0 Å². The quantitative estimate of drug-likeness (QED) is 0.227. The molecule has 8 heteroatoms. The molecule has 6 nitrogen and oxygen atoms in total. The number of carbonyl (C=O) groups excluding carboxylic acids is 1. The number of halogens is 1. The van der Waals surface area contributed by atoms with E-state index in [-0.39, 0.29) is 18.1 Å². The fraction of sp³-hybridized carbons (Fsp3) is 0.424. The largest absolute Gasteiger partial charge is 0.396 e. The molecule has 5 rings (SSSR count). The zero-order valence-electron chi connectivity index (χ0n) is 23.4. The first-order chi connectivity index (χ1) is 19.9. The summed E-state index contributed by atoms with van der Waals surface area (Å²) >= 11 is 7.93. The van der Waals surface area contributed by atoms with Crippen LogP contribution in [0.1, 0.15) is 54.4 Å². The topological polar surface area (TPSA) is 84.8 Å². The van der Waals surface area contributed by atoms with Crippen LogP contribution in [0.4, 0.5) is 4.79 Å². The molecule has 0 aliphatic carbocycles. The smallest absolute Gasteiger partial charge is 0.314 e. The van der Waals surface area contributed by atoms with Crippen LogP contribution in [0, 0.1) is 0 Å². The summed E-state index contributed by atoms with van der Waals surface area (Å²) in [5.74, 6) is 0.896. The predicted octanol–water partition coefficient (Wildman–Crippen LogP) is 5.68. The van der Waals surface area contributed by atoms with E-state index in [1.807, 2.05) is 36.0 Å². The number of thioether (sulfide) groups is 1. The van der Waals surface area contributed by atoms with Gasteiger partial charge in [-0.2, -0.15) is 0 Å². The molecule has 2 aliphatic rings. The summed E-state index contributed by atoms with van der Waals surface area (Å²) in [6.45, 7) is 3.58. The van der Waals surface area contributed by atoms with Crippen molar-refractivity contribution in [3.8, 4) is 0 Å². The average molecular weight is 594 g/mol. The van der Waals surface area contributed by atoms with Gasteiger partial charge in [0, 0.05) is 53.9 Å². The van der Waals surface area contributed by atoms with Crippen LogP contribution < -0.4 is 10.6 Å². The second-order valence-corrected chi connectivity index (χ2v) is 12.6. The number of aliphatic hydroxyl groups is 2. The number of hydrogen-bond acceptors (Lipinski definition) is 5. The van der Waals surface area contributed by atoms with E-state index in [2.05, 4.69) is 64.1 Å². The number of aliphatic hydroxyl groups excluding tert-OH is 1. The van der Waals surface area contributed by atoms with Crippen LogP contribution in [0.2, 0.25) is 5.02 Å². The lowest BCUT2D eigenvalue weighted by Gasteiger charge is -2.40. The molecule has 0 saturated carbocycles. The second-order valence-electron chi connectivity index (χ2n) is 11.2. The molecule has 2 aliphatic heterocycles. The molecule has 4 N–H and O–H groups in total. The molecule has 0 radical (unpaired) electrons. The van der Waals surface area contributed by atoms with Crippen molar-refractivity contribution >= 4 is 29.4 Å². The average Bonchev–Trinajstić information content (AvgIpc) is 3.13. The van der Waals surface area contributed by atoms with E-state index >= 15 is 0 Å². The molecule has 2 heterocycles. The number of nitrogens with zero attached hydrogens (tertiary/aromatic N) is 1. The van der Waals surface area contributed by atoms with E-state index in [0.29, 0.717) is 37.4 Å². The van der Waals surface area contributed by atoms with Gasteiger partial charge in [-0.05, 0) is 79.1 Å². The van der Waals surface area contributed by atoms with Crippen LogP contribution in [0.5, 0.6) is 0 Å². The van der Waals surface area contributed by atoms with Gasteiger partial charge >= 0.3 is 6.03 Å². The van der Waals surface area contributed by atoms with Crippen LogP contribution in [-0.2, 0) is 16.8 Å². The van der Waals surface area contributed by atoms with E-state index in [4.69, 9.17) is 16.7 Å². The summed E-state index contributed by atoms with van der Waals surface area (Å²) in [6, 6.07) is 24.6. The van der Waals surface area contributed by atoms with Gasteiger partial charge in [-0.3, -0.25) is 0 Å². The molecule has 0 aromatic heterocycles. The number of carbonyl (C=O) groups is 1. The Hall–Kier alpha value is -2.55. The molecule has 1 saturated heterocycles. The summed E-state index contributed by atoms with van der Waals surface area (Å²) in [6.07, 6.45) is 3.76. The maximum Gasteiger partial charge on any atom is 0.314 e. The Labute approximate surface area is 252 Å². The van der Waals surface area contributed by atoms with Gasteiger partial charge in [0.15, 0.2) is 0 Å². The van der Waals surface area contributed by atoms with Crippen molar-refractivity contribution in [2.24, 2.45) is 0 Å². The second kappa shape index (κ2) is 13.6. The molecule has 1 unspecified atom stereocenters. The van der Waals surface area contributed by atoms with Crippen LogP contribution in [0.15, 0.2) is 77.7 Å².